The molecule has 1 amide bonds. The van der Waals surface area contributed by atoms with Gasteiger partial charge in [-0.15, -0.1) is 11.3 Å². The number of fused-ring (bicyclic) bond motifs is 1. The maximum Gasteiger partial charge on any atom is 0.230 e. The summed E-state index contributed by atoms with van der Waals surface area (Å²) in [6.45, 7) is 1.92. The van der Waals surface area contributed by atoms with Crippen LogP contribution in [-0.4, -0.2) is 25.7 Å². The number of anilines is 1. The highest BCUT2D eigenvalue weighted by Gasteiger charge is 2.12. The molecule has 4 rings (SSSR count). The summed E-state index contributed by atoms with van der Waals surface area (Å²) in [6.07, 6.45) is 1.86. The highest BCUT2D eigenvalue weighted by atomic mass is 79.9. The number of aromatic nitrogens is 4. The summed E-state index contributed by atoms with van der Waals surface area (Å²) in [5.41, 5.74) is 4.12. The molecule has 0 radical (unpaired) electrons. The molecule has 0 bridgehead atoms. The fraction of sp³-hybridized carbons (Fsp3) is 0.158. The topological polar surface area (TPSA) is 72.7 Å². The van der Waals surface area contributed by atoms with E-state index < -0.39 is 0 Å². The van der Waals surface area contributed by atoms with Gasteiger partial charge in [-0.05, 0) is 25.1 Å². The van der Waals surface area contributed by atoms with Gasteiger partial charge in [-0.2, -0.15) is 5.10 Å². The summed E-state index contributed by atoms with van der Waals surface area (Å²) in [5.74, 6) is -0.121. The molecular weight excluding hydrogens is 426 g/mol. The molecule has 6 nitrogen and oxygen atoms in total. The Bertz CT molecular complexity index is 1150. The number of nitrogens with one attached hydrogen (secondary N) is 1. The van der Waals surface area contributed by atoms with Gasteiger partial charge in [0.1, 0.15) is 5.01 Å². The molecule has 27 heavy (non-hydrogen) atoms. The Hall–Kier alpha value is -2.58. The summed E-state index contributed by atoms with van der Waals surface area (Å²) in [6, 6.07) is 9.86. The molecule has 0 spiro atoms. The van der Waals surface area contributed by atoms with Crippen molar-refractivity contribution in [1.29, 1.82) is 0 Å². The third-order valence-electron chi connectivity index (χ3n) is 4.11. The number of halogens is 1. The van der Waals surface area contributed by atoms with Crippen molar-refractivity contribution in [1.82, 2.24) is 19.7 Å². The van der Waals surface area contributed by atoms with Gasteiger partial charge >= 0.3 is 0 Å². The molecule has 0 aliphatic rings. The van der Waals surface area contributed by atoms with E-state index in [0.717, 1.165) is 37.5 Å². The van der Waals surface area contributed by atoms with Gasteiger partial charge in [-0.1, -0.05) is 28.1 Å². The zero-order valence-electron chi connectivity index (χ0n) is 14.7. The molecule has 0 aliphatic carbocycles. The van der Waals surface area contributed by atoms with Crippen LogP contribution < -0.4 is 5.32 Å². The van der Waals surface area contributed by atoms with Crippen LogP contribution in [0, 0.1) is 6.92 Å². The summed E-state index contributed by atoms with van der Waals surface area (Å²) < 4.78 is 2.73. The average Bonchev–Trinajstić information content (AvgIpc) is 3.20. The quantitative estimate of drug-likeness (QED) is 0.510. The van der Waals surface area contributed by atoms with Gasteiger partial charge in [0.15, 0.2) is 5.65 Å². The van der Waals surface area contributed by atoms with Crippen LogP contribution >= 0.6 is 27.3 Å². The first-order valence-electron chi connectivity index (χ1n) is 8.29. The van der Waals surface area contributed by atoms with Crippen molar-refractivity contribution in [2.45, 2.75) is 13.3 Å². The van der Waals surface area contributed by atoms with Crippen molar-refractivity contribution in [3.8, 4) is 10.6 Å². The summed E-state index contributed by atoms with van der Waals surface area (Å²) in [5, 5.41) is 11.0. The lowest BCUT2D eigenvalue weighted by Crippen LogP contribution is -2.14. The molecule has 136 valence electrons. The van der Waals surface area contributed by atoms with Gasteiger partial charge in [-0.25, -0.2) is 9.97 Å². The lowest BCUT2D eigenvalue weighted by molar-refractivity contribution is -0.115. The number of amides is 1. The molecular formula is C19H16BrN5OS. The van der Waals surface area contributed by atoms with Crippen LogP contribution in [0.5, 0.6) is 0 Å². The van der Waals surface area contributed by atoms with E-state index in [0.29, 0.717) is 5.69 Å². The van der Waals surface area contributed by atoms with Crippen molar-refractivity contribution in [3.05, 3.63) is 57.8 Å². The molecule has 0 saturated carbocycles. The van der Waals surface area contributed by atoms with Crippen molar-refractivity contribution >= 4 is 49.9 Å². The smallest absolute Gasteiger partial charge is 0.230 e. The van der Waals surface area contributed by atoms with Crippen molar-refractivity contribution in [3.63, 3.8) is 0 Å². The minimum atomic E-state index is -0.121. The first-order chi connectivity index (χ1) is 13.0. The Morgan fingerprint density at radius 2 is 2.19 bits per heavy atom. The van der Waals surface area contributed by atoms with Gasteiger partial charge in [0.05, 0.1) is 29.7 Å². The molecule has 3 heterocycles. The molecule has 8 heteroatoms. The number of hydrogen-bond donors (Lipinski definition) is 1. The largest absolute Gasteiger partial charge is 0.324 e. The number of thiazole rings is 1. The number of carbonyl (C=O) groups excluding carboxylic acids is 1. The van der Waals surface area contributed by atoms with Crippen LogP contribution in [-0.2, 0) is 18.3 Å². The van der Waals surface area contributed by atoms with E-state index in [9.17, 15) is 4.79 Å². The second-order valence-corrected chi connectivity index (χ2v) is 7.96. The second kappa shape index (κ2) is 7.21. The molecule has 3 aromatic heterocycles. The molecule has 0 aliphatic heterocycles. The molecule has 0 unspecified atom stereocenters. The van der Waals surface area contributed by atoms with Crippen molar-refractivity contribution in [2.24, 2.45) is 7.05 Å². The summed E-state index contributed by atoms with van der Waals surface area (Å²) in [4.78, 5) is 21.4. The van der Waals surface area contributed by atoms with Crippen LogP contribution in [0.15, 0.2) is 46.4 Å². The van der Waals surface area contributed by atoms with E-state index in [-0.39, 0.29) is 12.3 Å². The third kappa shape index (κ3) is 3.77. The first-order valence-corrected chi connectivity index (χ1v) is 9.96. The number of hydrogen-bond acceptors (Lipinski definition) is 5. The van der Waals surface area contributed by atoms with Crippen LogP contribution in [0.1, 0.15) is 11.4 Å². The Morgan fingerprint density at radius 1 is 1.33 bits per heavy atom. The monoisotopic (exact) mass is 441 g/mol. The highest BCUT2D eigenvalue weighted by Crippen LogP contribution is 2.26. The fourth-order valence-electron chi connectivity index (χ4n) is 2.89. The zero-order chi connectivity index (χ0) is 19.0. The maximum absolute atomic E-state index is 12.4. The predicted molar refractivity (Wildman–Crippen MR) is 111 cm³/mol. The van der Waals surface area contributed by atoms with E-state index in [4.69, 9.17) is 0 Å². The zero-order valence-corrected chi connectivity index (χ0v) is 17.1. The normalized spacial score (nSPS) is 11.1. The number of pyridine rings is 1. The van der Waals surface area contributed by atoms with Crippen molar-refractivity contribution in [2.75, 3.05) is 5.32 Å². The van der Waals surface area contributed by atoms with Gasteiger partial charge in [0, 0.05) is 27.9 Å². The minimum absolute atomic E-state index is 0.121. The minimum Gasteiger partial charge on any atom is -0.324 e. The highest BCUT2D eigenvalue weighted by molar-refractivity contribution is 9.10. The standard InChI is InChI=1S/C19H16BrN5OS/c1-11-16-7-14(9-21-18(16)25(2)24-11)22-17(26)8-15-10-27-19(23-15)12-4-3-5-13(20)6-12/h3-7,9-10H,8H2,1-2H3,(H,22,26). The van der Waals surface area contributed by atoms with Crippen LogP contribution in [0.25, 0.3) is 21.6 Å². The fourth-order valence-corrected chi connectivity index (χ4v) is 4.10. The molecule has 0 saturated heterocycles. The van der Waals surface area contributed by atoms with E-state index in [1.165, 1.54) is 11.3 Å². The lowest BCUT2D eigenvalue weighted by atomic mass is 10.2. The second-order valence-electron chi connectivity index (χ2n) is 6.18. The lowest BCUT2D eigenvalue weighted by Gasteiger charge is -2.04. The Morgan fingerprint density at radius 3 is 3.00 bits per heavy atom. The molecule has 0 atom stereocenters. The molecule has 1 aromatic carbocycles. The van der Waals surface area contributed by atoms with E-state index >= 15 is 0 Å². The van der Waals surface area contributed by atoms with Gasteiger partial charge in [0.2, 0.25) is 5.91 Å². The number of carbonyl (C=O) groups is 1. The summed E-state index contributed by atoms with van der Waals surface area (Å²) >= 11 is 5.00. The maximum atomic E-state index is 12.4. The molecule has 1 N–H and O–H groups in total. The van der Waals surface area contributed by atoms with Crippen LogP contribution in [0.2, 0.25) is 0 Å². The molecule has 4 aromatic rings. The average molecular weight is 442 g/mol. The van der Waals surface area contributed by atoms with E-state index in [1.807, 2.05) is 49.7 Å². The van der Waals surface area contributed by atoms with Gasteiger partial charge in [0.25, 0.3) is 0 Å². The SMILES string of the molecule is Cc1nn(C)c2ncc(NC(=O)Cc3csc(-c4cccc(Br)c4)n3)cc12. The Kier molecular flexibility index (Phi) is 4.75. The Labute approximate surface area is 168 Å². The first kappa shape index (κ1) is 17.8. The summed E-state index contributed by atoms with van der Waals surface area (Å²) in [7, 11) is 1.85. The molecule has 0 fully saturated rings. The number of rotatable bonds is 4. The number of benzene rings is 1. The van der Waals surface area contributed by atoms with Gasteiger partial charge in [-0.3, -0.25) is 9.48 Å². The number of aryl methyl sites for hydroxylation is 2. The van der Waals surface area contributed by atoms with Crippen molar-refractivity contribution < 1.29 is 4.79 Å². The van der Waals surface area contributed by atoms with Crippen LogP contribution in [0.3, 0.4) is 0 Å². The van der Waals surface area contributed by atoms with Crippen LogP contribution in [0.4, 0.5) is 5.69 Å². The third-order valence-corrected chi connectivity index (χ3v) is 5.55. The number of nitrogens with zero attached hydrogens (tertiary/aromatic N) is 4. The van der Waals surface area contributed by atoms with Gasteiger partial charge < -0.3 is 5.32 Å². The Balaban J connectivity index is 1.48. The predicted octanol–water partition coefficient (Wildman–Crippen LogP) is 4.34. The van der Waals surface area contributed by atoms with E-state index in [2.05, 4.69) is 36.3 Å². The van der Waals surface area contributed by atoms with E-state index in [1.54, 1.807) is 10.9 Å².